The van der Waals surface area contributed by atoms with Gasteiger partial charge in [-0.15, -0.1) is 12.4 Å². The maximum Gasteiger partial charge on any atom is 0.237 e. The Morgan fingerprint density at radius 1 is 1.59 bits per heavy atom. The van der Waals surface area contributed by atoms with Gasteiger partial charge in [0.05, 0.1) is 6.04 Å². The van der Waals surface area contributed by atoms with Gasteiger partial charge in [0.25, 0.3) is 0 Å². The molecule has 2 unspecified atom stereocenters. The van der Waals surface area contributed by atoms with Gasteiger partial charge < -0.3 is 11.1 Å². The third-order valence-corrected chi connectivity index (χ3v) is 2.75. The zero-order chi connectivity index (χ0) is 12.0. The molecule has 1 aromatic heterocycles. The summed E-state index contributed by atoms with van der Waals surface area (Å²) in [5.74, 6) is 0.104. The van der Waals surface area contributed by atoms with Gasteiger partial charge in [-0.2, -0.15) is 0 Å². The first-order valence-electron chi connectivity index (χ1n) is 5.57. The third kappa shape index (κ3) is 5.15. The molecule has 5 heteroatoms. The lowest BCUT2D eigenvalue weighted by Gasteiger charge is -2.17. The molecule has 3 N–H and O–H groups in total. The van der Waals surface area contributed by atoms with Crippen LogP contribution in [0.25, 0.3) is 0 Å². The number of carbonyl (C=O) groups excluding carboxylic acids is 1. The van der Waals surface area contributed by atoms with Crippen LogP contribution in [-0.4, -0.2) is 16.9 Å². The van der Waals surface area contributed by atoms with E-state index in [0.717, 1.165) is 12.0 Å². The lowest BCUT2D eigenvalue weighted by Crippen LogP contribution is -2.44. The van der Waals surface area contributed by atoms with Crippen molar-refractivity contribution < 1.29 is 4.79 Å². The fourth-order valence-corrected chi connectivity index (χ4v) is 1.32. The molecular formula is C12H20ClN3O. The Kier molecular flexibility index (Phi) is 7.50. The molecule has 0 saturated carbocycles. The van der Waals surface area contributed by atoms with E-state index in [2.05, 4.69) is 10.3 Å². The van der Waals surface area contributed by atoms with Crippen molar-refractivity contribution in [2.75, 3.05) is 0 Å². The van der Waals surface area contributed by atoms with Gasteiger partial charge >= 0.3 is 0 Å². The van der Waals surface area contributed by atoms with Crippen LogP contribution in [0, 0.1) is 5.92 Å². The molecule has 0 fully saturated rings. The zero-order valence-electron chi connectivity index (χ0n) is 10.2. The second-order valence-corrected chi connectivity index (χ2v) is 3.99. The molecular weight excluding hydrogens is 238 g/mol. The van der Waals surface area contributed by atoms with Gasteiger partial charge in [-0.25, -0.2) is 0 Å². The average Bonchev–Trinajstić information content (AvgIpc) is 2.35. The number of hydrogen-bond donors (Lipinski definition) is 2. The molecule has 2 atom stereocenters. The van der Waals surface area contributed by atoms with E-state index in [1.807, 2.05) is 26.0 Å². The van der Waals surface area contributed by atoms with Crippen LogP contribution in [0.5, 0.6) is 0 Å². The first kappa shape index (κ1) is 15.9. The summed E-state index contributed by atoms with van der Waals surface area (Å²) in [6.07, 6.45) is 4.34. The van der Waals surface area contributed by atoms with Crippen LogP contribution in [0.15, 0.2) is 24.5 Å². The van der Waals surface area contributed by atoms with E-state index in [1.54, 1.807) is 12.4 Å². The molecule has 4 nitrogen and oxygen atoms in total. The van der Waals surface area contributed by atoms with Crippen LogP contribution in [0.2, 0.25) is 0 Å². The molecule has 1 amide bonds. The Bertz CT molecular complexity index is 332. The number of pyridine rings is 1. The Morgan fingerprint density at radius 2 is 2.29 bits per heavy atom. The van der Waals surface area contributed by atoms with E-state index in [1.165, 1.54) is 0 Å². The number of halogens is 1. The number of rotatable bonds is 5. The summed E-state index contributed by atoms with van der Waals surface area (Å²) in [5, 5.41) is 2.81. The summed E-state index contributed by atoms with van der Waals surface area (Å²) in [4.78, 5) is 15.6. The number of nitrogens with one attached hydrogen (secondary N) is 1. The van der Waals surface area contributed by atoms with E-state index in [9.17, 15) is 4.79 Å². The van der Waals surface area contributed by atoms with Crippen molar-refractivity contribution in [3.63, 3.8) is 0 Å². The minimum Gasteiger partial charge on any atom is -0.351 e. The van der Waals surface area contributed by atoms with Crippen molar-refractivity contribution >= 4 is 18.3 Å². The number of aromatic nitrogens is 1. The van der Waals surface area contributed by atoms with Crippen molar-refractivity contribution in [2.45, 2.75) is 32.9 Å². The van der Waals surface area contributed by atoms with E-state index < -0.39 is 6.04 Å². The highest BCUT2D eigenvalue weighted by atomic mass is 35.5. The van der Waals surface area contributed by atoms with Gasteiger partial charge in [0, 0.05) is 18.9 Å². The molecule has 96 valence electrons. The summed E-state index contributed by atoms with van der Waals surface area (Å²) >= 11 is 0. The summed E-state index contributed by atoms with van der Waals surface area (Å²) in [6.45, 7) is 4.49. The standard InChI is InChI=1S/C12H19N3O.ClH/c1-3-9(2)11(13)12(16)15-8-10-5-4-6-14-7-10;/h4-7,9,11H,3,8,13H2,1-2H3,(H,15,16);1H. The highest BCUT2D eigenvalue weighted by Gasteiger charge is 2.18. The van der Waals surface area contributed by atoms with E-state index in [4.69, 9.17) is 5.73 Å². The van der Waals surface area contributed by atoms with Crippen molar-refractivity contribution in [1.29, 1.82) is 0 Å². The molecule has 0 spiro atoms. The predicted octanol–water partition coefficient (Wildman–Crippen LogP) is 1.49. The monoisotopic (exact) mass is 257 g/mol. The highest BCUT2D eigenvalue weighted by molar-refractivity contribution is 5.85. The highest BCUT2D eigenvalue weighted by Crippen LogP contribution is 2.05. The van der Waals surface area contributed by atoms with Crippen LogP contribution in [-0.2, 0) is 11.3 Å². The maximum absolute atomic E-state index is 11.7. The molecule has 1 aromatic rings. The molecule has 0 aromatic carbocycles. The van der Waals surface area contributed by atoms with E-state index in [0.29, 0.717) is 6.54 Å². The van der Waals surface area contributed by atoms with Gasteiger partial charge in [0.1, 0.15) is 0 Å². The molecule has 17 heavy (non-hydrogen) atoms. The first-order chi connectivity index (χ1) is 7.65. The number of carbonyl (C=O) groups is 1. The number of amides is 1. The van der Waals surface area contributed by atoms with Crippen molar-refractivity contribution in [3.8, 4) is 0 Å². The Balaban J connectivity index is 0.00000256. The van der Waals surface area contributed by atoms with Crippen molar-refractivity contribution in [1.82, 2.24) is 10.3 Å². The number of hydrogen-bond acceptors (Lipinski definition) is 3. The minimum atomic E-state index is -0.429. The van der Waals surface area contributed by atoms with Gasteiger partial charge in [-0.1, -0.05) is 26.3 Å². The second-order valence-electron chi connectivity index (χ2n) is 3.99. The quantitative estimate of drug-likeness (QED) is 0.840. The van der Waals surface area contributed by atoms with Crippen molar-refractivity contribution in [3.05, 3.63) is 30.1 Å². The third-order valence-electron chi connectivity index (χ3n) is 2.75. The molecule has 0 aliphatic carbocycles. The van der Waals surface area contributed by atoms with Crippen molar-refractivity contribution in [2.24, 2.45) is 11.7 Å². The molecule has 0 radical (unpaired) electrons. The number of nitrogens with two attached hydrogens (primary N) is 1. The summed E-state index contributed by atoms with van der Waals surface area (Å²) in [6, 6.07) is 3.33. The van der Waals surface area contributed by atoms with Crippen LogP contribution < -0.4 is 11.1 Å². The Labute approximate surface area is 108 Å². The van der Waals surface area contributed by atoms with Crippen LogP contribution in [0.1, 0.15) is 25.8 Å². The molecule has 0 aliphatic rings. The maximum atomic E-state index is 11.7. The van der Waals surface area contributed by atoms with Crippen LogP contribution in [0.4, 0.5) is 0 Å². The molecule has 1 heterocycles. The normalized spacial score (nSPS) is 13.4. The SMILES string of the molecule is CCC(C)C(N)C(=O)NCc1cccnc1.Cl. The summed E-state index contributed by atoms with van der Waals surface area (Å²) < 4.78 is 0. The number of nitrogens with zero attached hydrogens (tertiary/aromatic N) is 1. The summed E-state index contributed by atoms with van der Waals surface area (Å²) in [7, 11) is 0. The fourth-order valence-electron chi connectivity index (χ4n) is 1.32. The first-order valence-corrected chi connectivity index (χ1v) is 5.57. The second kappa shape index (κ2) is 8.03. The van der Waals surface area contributed by atoms with Gasteiger partial charge in [-0.05, 0) is 17.5 Å². The lowest BCUT2D eigenvalue weighted by molar-refractivity contribution is -0.123. The topological polar surface area (TPSA) is 68.0 Å². The zero-order valence-corrected chi connectivity index (χ0v) is 11.0. The Morgan fingerprint density at radius 3 is 2.82 bits per heavy atom. The van der Waals surface area contributed by atoms with Gasteiger partial charge in [0.15, 0.2) is 0 Å². The lowest BCUT2D eigenvalue weighted by atomic mass is 9.99. The summed E-state index contributed by atoms with van der Waals surface area (Å²) in [5.41, 5.74) is 6.79. The van der Waals surface area contributed by atoms with E-state index in [-0.39, 0.29) is 24.2 Å². The van der Waals surface area contributed by atoms with E-state index >= 15 is 0 Å². The molecule has 0 saturated heterocycles. The smallest absolute Gasteiger partial charge is 0.237 e. The largest absolute Gasteiger partial charge is 0.351 e. The van der Waals surface area contributed by atoms with Gasteiger partial charge in [0.2, 0.25) is 5.91 Å². The van der Waals surface area contributed by atoms with Crippen LogP contribution >= 0.6 is 12.4 Å². The molecule has 1 rings (SSSR count). The molecule has 0 aliphatic heterocycles. The predicted molar refractivity (Wildman–Crippen MR) is 70.8 cm³/mol. The Hall–Kier alpha value is -1.13. The van der Waals surface area contributed by atoms with Gasteiger partial charge in [-0.3, -0.25) is 9.78 Å². The van der Waals surface area contributed by atoms with Crippen LogP contribution in [0.3, 0.4) is 0 Å². The average molecular weight is 258 g/mol. The molecule has 0 bridgehead atoms. The minimum absolute atomic E-state index is 0. The fraction of sp³-hybridized carbons (Fsp3) is 0.500.